The topological polar surface area (TPSA) is 182 Å². The Morgan fingerprint density at radius 3 is 2.36 bits per heavy atom. The molecule has 3 aliphatic rings. The third kappa shape index (κ3) is 7.92. The van der Waals surface area contributed by atoms with E-state index in [4.69, 9.17) is 14.2 Å². The van der Waals surface area contributed by atoms with Gasteiger partial charge in [-0.2, -0.15) is 0 Å². The summed E-state index contributed by atoms with van der Waals surface area (Å²) < 4.78 is 44.7. The van der Waals surface area contributed by atoms with E-state index in [9.17, 15) is 27.6 Å². The molecule has 50 heavy (non-hydrogen) atoms. The van der Waals surface area contributed by atoms with E-state index in [1.807, 2.05) is 25.1 Å². The zero-order valence-electron chi connectivity index (χ0n) is 30.0. The van der Waals surface area contributed by atoms with Crippen molar-refractivity contribution in [1.29, 1.82) is 0 Å². The third-order valence-electron chi connectivity index (χ3n) is 9.92. The molecule has 0 spiro atoms. The SMILES string of the molecule is CCC(C)(C)OC(=O)N[C@H](C(=O)N1C[C@H](Oc2nccc3cc(OC)ccc23)C[C@H]1C(=O)N[C@]1(C(=O)NS(=O)(=O)C2CC2)C[C@H]1C)C(C)(C)C. The van der Waals surface area contributed by atoms with Gasteiger partial charge in [0.15, 0.2) is 0 Å². The minimum Gasteiger partial charge on any atom is -0.497 e. The Bertz CT molecular complexity index is 1770. The van der Waals surface area contributed by atoms with Crippen LogP contribution in [0.5, 0.6) is 11.6 Å². The van der Waals surface area contributed by atoms with Crippen LogP contribution in [0, 0.1) is 11.3 Å². The van der Waals surface area contributed by atoms with Crippen molar-refractivity contribution in [2.75, 3.05) is 13.7 Å². The highest BCUT2D eigenvalue weighted by atomic mass is 32.2. The predicted octanol–water partition coefficient (Wildman–Crippen LogP) is 3.42. The molecule has 0 radical (unpaired) electrons. The zero-order valence-corrected chi connectivity index (χ0v) is 30.8. The molecule has 5 rings (SSSR count). The van der Waals surface area contributed by atoms with E-state index in [-0.39, 0.29) is 25.3 Å². The van der Waals surface area contributed by atoms with Gasteiger partial charge in [0.25, 0.3) is 5.91 Å². The predicted molar refractivity (Wildman–Crippen MR) is 185 cm³/mol. The fraction of sp³-hybridized carbons (Fsp3) is 0.629. The molecule has 1 aliphatic heterocycles. The fourth-order valence-corrected chi connectivity index (χ4v) is 7.49. The number of hydrogen-bond acceptors (Lipinski definition) is 10. The summed E-state index contributed by atoms with van der Waals surface area (Å²) in [4.78, 5) is 60.7. The Hall–Kier alpha value is -4.14. The number of ether oxygens (including phenoxy) is 3. The number of sulfonamides is 1. The van der Waals surface area contributed by atoms with Gasteiger partial charge < -0.3 is 29.7 Å². The van der Waals surface area contributed by atoms with E-state index in [1.54, 1.807) is 60.9 Å². The molecule has 15 heteroatoms. The molecule has 3 N–H and O–H groups in total. The molecule has 1 aromatic heterocycles. The maximum atomic E-state index is 14.4. The lowest BCUT2D eigenvalue weighted by Crippen LogP contribution is -2.60. The first-order valence-corrected chi connectivity index (χ1v) is 18.6. The normalized spacial score (nSPS) is 24.2. The standard InChI is InChI=1S/C35H49N5O9S/c1-9-34(6,7)49-32(44)37-27(33(3,4)5)30(42)40-19-23(48-29-25-13-10-22(47-8)16-21(25)14-15-36-29)17-26(40)28(41)38-35(18-20(35)2)31(43)39-50(45,46)24-11-12-24/h10,13-16,20,23-24,26-27H,9,11-12,17-19H2,1-8H3,(H,37,44)(H,38,41)(H,39,43)/t20-,23-,26+,27-,35-/m1/s1. The number of nitrogens with zero attached hydrogens (tertiary/aromatic N) is 2. The number of likely N-dealkylation sites (tertiary alicyclic amines) is 1. The molecule has 2 heterocycles. The van der Waals surface area contributed by atoms with E-state index in [2.05, 4.69) is 20.3 Å². The number of aromatic nitrogens is 1. The van der Waals surface area contributed by atoms with Crippen LogP contribution >= 0.6 is 0 Å². The number of carbonyl (C=O) groups excluding carboxylic acids is 4. The minimum atomic E-state index is -3.85. The van der Waals surface area contributed by atoms with Crippen molar-refractivity contribution in [2.45, 2.75) is 115 Å². The first-order valence-electron chi connectivity index (χ1n) is 17.1. The van der Waals surface area contributed by atoms with Crippen LogP contribution in [-0.4, -0.2) is 90.3 Å². The number of rotatable bonds is 12. The van der Waals surface area contributed by atoms with E-state index in [0.29, 0.717) is 36.3 Å². The molecule has 1 saturated heterocycles. The maximum absolute atomic E-state index is 14.4. The van der Waals surface area contributed by atoms with Gasteiger partial charge in [0, 0.05) is 18.0 Å². The summed E-state index contributed by atoms with van der Waals surface area (Å²) >= 11 is 0. The lowest BCUT2D eigenvalue weighted by molar-refractivity contribution is -0.143. The number of alkyl carbamates (subject to hydrolysis) is 1. The summed E-state index contributed by atoms with van der Waals surface area (Å²) in [7, 11) is -2.28. The minimum absolute atomic E-state index is 0.0281. The monoisotopic (exact) mass is 715 g/mol. The molecule has 2 saturated carbocycles. The van der Waals surface area contributed by atoms with Crippen molar-refractivity contribution in [2.24, 2.45) is 11.3 Å². The van der Waals surface area contributed by atoms with Crippen LogP contribution in [0.25, 0.3) is 10.8 Å². The molecule has 4 amide bonds. The molecule has 5 atom stereocenters. The maximum Gasteiger partial charge on any atom is 0.408 e. The first kappa shape index (κ1) is 37.1. The largest absolute Gasteiger partial charge is 0.497 e. The van der Waals surface area contributed by atoms with Crippen LogP contribution in [-0.2, 0) is 29.1 Å². The Morgan fingerprint density at radius 2 is 1.78 bits per heavy atom. The van der Waals surface area contributed by atoms with E-state index in [1.165, 1.54) is 4.90 Å². The van der Waals surface area contributed by atoms with Gasteiger partial charge in [-0.05, 0) is 80.5 Å². The Labute approximate surface area is 293 Å². The third-order valence-corrected chi connectivity index (χ3v) is 11.7. The molecule has 0 unspecified atom stereocenters. The van der Waals surface area contributed by atoms with Crippen LogP contribution in [0.15, 0.2) is 30.5 Å². The van der Waals surface area contributed by atoms with Crippen molar-refractivity contribution in [3.63, 3.8) is 0 Å². The number of carbonyl (C=O) groups is 4. The highest BCUT2D eigenvalue weighted by molar-refractivity contribution is 7.91. The lowest BCUT2D eigenvalue weighted by atomic mass is 9.85. The molecular formula is C35H49N5O9S. The Balaban J connectivity index is 1.43. The second kappa shape index (κ2) is 13.5. The Morgan fingerprint density at radius 1 is 1.10 bits per heavy atom. The number of fused-ring (bicyclic) bond motifs is 1. The van der Waals surface area contributed by atoms with Crippen LogP contribution in [0.2, 0.25) is 0 Å². The van der Waals surface area contributed by atoms with Crippen molar-refractivity contribution in [1.82, 2.24) is 25.2 Å². The second-order valence-corrected chi connectivity index (χ2v) is 17.3. The molecule has 274 valence electrons. The van der Waals surface area contributed by atoms with Crippen LogP contribution in [0.3, 0.4) is 0 Å². The van der Waals surface area contributed by atoms with Gasteiger partial charge in [-0.1, -0.05) is 34.6 Å². The van der Waals surface area contributed by atoms with Gasteiger partial charge >= 0.3 is 6.09 Å². The lowest BCUT2D eigenvalue weighted by Gasteiger charge is -2.36. The highest BCUT2D eigenvalue weighted by Crippen LogP contribution is 2.44. The summed E-state index contributed by atoms with van der Waals surface area (Å²) in [5, 5.41) is 6.44. The molecule has 2 aromatic rings. The van der Waals surface area contributed by atoms with Gasteiger partial charge in [0.1, 0.15) is 35.1 Å². The van der Waals surface area contributed by atoms with Gasteiger partial charge in [0.05, 0.1) is 18.9 Å². The average Bonchev–Trinajstić information content (AvgIpc) is 3.96. The molecule has 3 fully saturated rings. The number of amides is 4. The van der Waals surface area contributed by atoms with Crippen LogP contribution in [0.4, 0.5) is 4.79 Å². The summed E-state index contributed by atoms with van der Waals surface area (Å²) in [6.07, 6.45) is 1.91. The summed E-state index contributed by atoms with van der Waals surface area (Å²) in [5.41, 5.74) is -3.02. The first-order chi connectivity index (χ1) is 23.3. The summed E-state index contributed by atoms with van der Waals surface area (Å²) in [5.74, 6) is -1.34. The van der Waals surface area contributed by atoms with Crippen molar-refractivity contribution in [3.8, 4) is 11.6 Å². The number of nitrogens with one attached hydrogen (secondary N) is 3. The number of benzene rings is 1. The molecule has 1 aromatic carbocycles. The second-order valence-electron chi connectivity index (χ2n) is 15.4. The quantitative estimate of drug-likeness (QED) is 0.295. The molecule has 2 aliphatic carbocycles. The smallest absolute Gasteiger partial charge is 0.408 e. The highest BCUT2D eigenvalue weighted by Gasteiger charge is 2.61. The molecular weight excluding hydrogens is 666 g/mol. The van der Waals surface area contributed by atoms with Gasteiger partial charge in [0.2, 0.25) is 27.7 Å². The summed E-state index contributed by atoms with van der Waals surface area (Å²) in [6.45, 7) is 12.5. The van der Waals surface area contributed by atoms with Crippen LogP contribution < -0.4 is 24.8 Å². The van der Waals surface area contributed by atoms with Gasteiger partial charge in [-0.25, -0.2) is 18.2 Å². The molecule has 14 nitrogen and oxygen atoms in total. The Kier molecular flexibility index (Phi) is 10.0. The van der Waals surface area contributed by atoms with Crippen molar-refractivity contribution < 1.29 is 41.8 Å². The number of methoxy groups -OCH3 is 1. The summed E-state index contributed by atoms with van der Waals surface area (Å²) in [6, 6.07) is 5.03. The van der Waals surface area contributed by atoms with E-state index < -0.39 is 73.8 Å². The van der Waals surface area contributed by atoms with Crippen LogP contribution in [0.1, 0.15) is 80.6 Å². The van der Waals surface area contributed by atoms with E-state index in [0.717, 1.165) is 5.39 Å². The number of pyridine rings is 1. The van der Waals surface area contributed by atoms with Gasteiger partial charge in [-0.3, -0.25) is 19.1 Å². The van der Waals surface area contributed by atoms with Gasteiger partial charge in [-0.15, -0.1) is 0 Å². The molecule has 0 bridgehead atoms. The van der Waals surface area contributed by atoms with Crippen molar-refractivity contribution >= 4 is 44.6 Å². The van der Waals surface area contributed by atoms with E-state index >= 15 is 0 Å². The van der Waals surface area contributed by atoms with Crippen molar-refractivity contribution in [3.05, 3.63) is 30.5 Å². The fourth-order valence-electron chi connectivity index (χ4n) is 6.12. The zero-order chi connectivity index (χ0) is 36.8. The average molecular weight is 716 g/mol. The number of hydrogen-bond donors (Lipinski definition) is 3.